The van der Waals surface area contributed by atoms with E-state index in [9.17, 15) is 22.4 Å². The lowest BCUT2D eigenvalue weighted by molar-refractivity contribution is -0.140. The van der Waals surface area contributed by atoms with Gasteiger partial charge in [0.05, 0.1) is 11.8 Å². The predicted molar refractivity (Wildman–Crippen MR) is 65.8 cm³/mol. The Balaban J connectivity index is 2.12. The fourth-order valence-electron chi connectivity index (χ4n) is 1.73. The van der Waals surface area contributed by atoms with Crippen molar-refractivity contribution in [3.63, 3.8) is 0 Å². The SMILES string of the molecule is Cn1cc(CNC(=O)c2ccc(F)c(C(F)(F)F)c2)cn1. The monoisotopic (exact) mass is 301 g/mol. The number of hydrogen-bond acceptors (Lipinski definition) is 2. The Hall–Kier alpha value is -2.38. The first-order valence-electron chi connectivity index (χ1n) is 5.90. The molecule has 1 amide bonds. The van der Waals surface area contributed by atoms with Crippen LogP contribution in [0.5, 0.6) is 0 Å². The number of rotatable bonds is 3. The van der Waals surface area contributed by atoms with Crippen molar-refractivity contribution in [1.29, 1.82) is 0 Å². The standard InChI is InChI=1S/C13H11F4N3O/c1-20-7-8(6-19-20)5-18-12(21)9-2-3-11(14)10(4-9)13(15,16)17/h2-4,6-7H,5H2,1H3,(H,18,21). The van der Waals surface area contributed by atoms with Crippen LogP contribution in [-0.4, -0.2) is 15.7 Å². The molecule has 0 aliphatic carbocycles. The molecule has 0 unspecified atom stereocenters. The number of halogens is 4. The predicted octanol–water partition coefficient (Wildman–Crippen LogP) is 2.51. The number of amides is 1. The van der Waals surface area contributed by atoms with Crippen molar-refractivity contribution in [2.24, 2.45) is 7.05 Å². The molecule has 2 aromatic rings. The molecule has 0 aliphatic rings. The van der Waals surface area contributed by atoms with Crippen molar-refractivity contribution in [3.8, 4) is 0 Å². The van der Waals surface area contributed by atoms with Crippen LogP contribution in [0.25, 0.3) is 0 Å². The van der Waals surface area contributed by atoms with Crippen LogP contribution in [0.2, 0.25) is 0 Å². The molecule has 8 heteroatoms. The highest BCUT2D eigenvalue weighted by Crippen LogP contribution is 2.31. The minimum Gasteiger partial charge on any atom is -0.348 e. The highest BCUT2D eigenvalue weighted by Gasteiger charge is 2.34. The van der Waals surface area contributed by atoms with Crippen LogP contribution in [0, 0.1) is 5.82 Å². The minimum absolute atomic E-state index is 0.116. The zero-order valence-corrected chi connectivity index (χ0v) is 10.9. The van der Waals surface area contributed by atoms with Gasteiger partial charge in [0.15, 0.2) is 0 Å². The Labute approximate surface area is 117 Å². The summed E-state index contributed by atoms with van der Waals surface area (Å²) in [6.07, 6.45) is -1.66. The van der Waals surface area contributed by atoms with Crippen molar-refractivity contribution in [2.45, 2.75) is 12.7 Å². The van der Waals surface area contributed by atoms with E-state index < -0.39 is 23.5 Å². The fraction of sp³-hybridized carbons (Fsp3) is 0.231. The normalized spacial score (nSPS) is 11.5. The molecule has 1 heterocycles. The number of aryl methyl sites for hydroxylation is 1. The Bertz CT molecular complexity index is 664. The zero-order valence-electron chi connectivity index (χ0n) is 10.9. The van der Waals surface area contributed by atoms with Gasteiger partial charge in [0.1, 0.15) is 5.82 Å². The number of carbonyl (C=O) groups is 1. The van der Waals surface area contributed by atoms with Crippen LogP contribution >= 0.6 is 0 Å². The molecule has 0 atom stereocenters. The molecule has 1 aromatic heterocycles. The van der Waals surface area contributed by atoms with Gasteiger partial charge in [0.2, 0.25) is 0 Å². The summed E-state index contributed by atoms with van der Waals surface area (Å²) in [5.74, 6) is -2.13. The highest BCUT2D eigenvalue weighted by atomic mass is 19.4. The van der Waals surface area contributed by atoms with E-state index in [1.807, 2.05) is 0 Å². The van der Waals surface area contributed by atoms with Gasteiger partial charge in [-0.25, -0.2) is 4.39 Å². The Kier molecular flexibility index (Phi) is 3.97. The molecule has 2 rings (SSSR count). The number of alkyl halides is 3. The van der Waals surface area contributed by atoms with Gasteiger partial charge in [0.25, 0.3) is 5.91 Å². The molecule has 112 valence electrons. The second-order valence-electron chi connectivity index (χ2n) is 4.40. The molecular formula is C13H11F4N3O. The molecule has 0 saturated heterocycles. The molecule has 1 N–H and O–H groups in total. The van der Waals surface area contributed by atoms with E-state index in [4.69, 9.17) is 0 Å². The van der Waals surface area contributed by atoms with E-state index in [1.54, 1.807) is 13.2 Å². The van der Waals surface area contributed by atoms with E-state index in [-0.39, 0.29) is 12.1 Å². The Morgan fingerprint density at radius 3 is 2.67 bits per heavy atom. The lowest BCUT2D eigenvalue weighted by Gasteiger charge is -2.10. The molecular weight excluding hydrogens is 290 g/mol. The average molecular weight is 301 g/mol. The maximum Gasteiger partial charge on any atom is 0.419 e. The third-order valence-corrected chi connectivity index (χ3v) is 2.75. The number of hydrogen-bond donors (Lipinski definition) is 1. The maximum atomic E-state index is 13.1. The molecule has 0 bridgehead atoms. The highest BCUT2D eigenvalue weighted by molar-refractivity contribution is 5.94. The molecule has 0 spiro atoms. The van der Waals surface area contributed by atoms with Gasteiger partial charge >= 0.3 is 6.18 Å². The topological polar surface area (TPSA) is 46.9 Å². The lowest BCUT2D eigenvalue weighted by atomic mass is 10.1. The summed E-state index contributed by atoms with van der Waals surface area (Å²) in [5.41, 5.74) is -1.02. The quantitative estimate of drug-likeness (QED) is 0.886. The number of nitrogens with zero attached hydrogens (tertiary/aromatic N) is 2. The van der Waals surface area contributed by atoms with E-state index >= 15 is 0 Å². The van der Waals surface area contributed by atoms with Gasteiger partial charge in [-0.15, -0.1) is 0 Å². The fourth-order valence-corrected chi connectivity index (χ4v) is 1.73. The maximum absolute atomic E-state index is 13.1. The van der Waals surface area contributed by atoms with Crippen molar-refractivity contribution in [3.05, 3.63) is 53.1 Å². The minimum atomic E-state index is -4.84. The van der Waals surface area contributed by atoms with Gasteiger partial charge in [-0.1, -0.05) is 0 Å². The first kappa shape index (κ1) is 15.0. The molecule has 1 aromatic carbocycles. The molecule has 0 radical (unpaired) electrons. The number of aromatic nitrogens is 2. The first-order chi connectivity index (χ1) is 9.77. The van der Waals surface area contributed by atoms with Crippen LogP contribution in [0.15, 0.2) is 30.6 Å². The number of benzene rings is 1. The molecule has 4 nitrogen and oxygen atoms in total. The summed E-state index contributed by atoms with van der Waals surface area (Å²) in [6.45, 7) is 0.116. The summed E-state index contributed by atoms with van der Waals surface area (Å²) < 4.78 is 52.3. The van der Waals surface area contributed by atoms with Gasteiger partial charge < -0.3 is 5.32 Å². The van der Waals surface area contributed by atoms with E-state index in [2.05, 4.69) is 10.4 Å². The Morgan fingerprint density at radius 2 is 2.10 bits per heavy atom. The van der Waals surface area contributed by atoms with Crippen LogP contribution < -0.4 is 5.32 Å². The zero-order chi connectivity index (χ0) is 15.6. The lowest BCUT2D eigenvalue weighted by Crippen LogP contribution is -2.23. The van der Waals surface area contributed by atoms with Gasteiger partial charge in [-0.05, 0) is 18.2 Å². The summed E-state index contributed by atoms with van der Waals surface area (Å²) in [5, 5.41) is 6.34. The van der Waals surface area contributed by atoms with Crippen molar-refractivity contribution >= 4 is 5.91 Å². The van der Waals surface area contributed by atoms with Crippen LogP contribution in [-0.2, 0) is 19.8 Å². The summed E-state index contributed by atoms with van der Waals surface area (Å²) >= 11 is 0. The van der Waals surface area contributed by atoms with Crippen LogP contribution in [0.4, 0.5) is 17.6 Å². The largest absolute Gasteiger partial charge is 0.419 e. The third kappa shape index (κ3) is 3.59. The number of nitrogens with one attached hydrogen (secondary N) is 1. The summed E-state index contributed by atoms with van der Waals surface area (Å²) in [4.78, 5) is 11.8. The van der Waals surface area contributed by atoms with E-state index in [1.165, 1.54) is 10.9 Å². The second-order valence-corrected chi connectivity index (χ2v) is 4.40. The smallest absolute Gasteiger partial charge is 0.348 e. The van der Waals surface area contributed by atoms with Crippen molar-refractivity contribution < 1.29 is 22.4 Å². The third-order valence-electron chi connectivity index (χ3n) is 2.75. The molecule has 21 heavy (non-hydrogen) atoms. The van der Waals surface area contributed by atoms with Crippen LogP contribution in [0.1, 0.15) is 21.5 Å². The summed E-state index contributed by atoms with van der Waals surface area (Å²) in [7, 11) is 1.70. The Morgan fingerprint density at radius 1 is 1.38 bits per heavy atom. The molecule has 0 aliphatic heterocycles. The van der Waals surface area contributed by atoms with E-state index in [0.717, 1.165) is 6.07 Å². The van der Waals surface area contributed by atoms with Gasteiger partial charge in [0, 0.05) is 30.9 Å². The van der Waals surface area contributed by atoms with Crippen molar-refractivity contribution in [1.82, 2.24) is 15.1 Å². The van der Waals surface area contributed by atoms with Crippen LogP contribution in [0.3, 0.4) is 0 Å². The average Bonchev–Trinajstić information content (AvgIpc) is 2.81. The molecule has 0 saturated carbocycles. The summed E-state index contributed by atoms with van der Waals surface area (Å²) in [6, 6.07) is 2.12. The number of carbonyl (C=O) groups excluding carboxylic acids is 1. The first-order valence-corrected chi connectivity index (χ1v) is 5.90. The second kappa shape index (κ2) is 5.55. The van der Waals surface area contributed by atoms with E-state index in [0.29, 0.717) is 17.7 Å². The van der Waals surface area contributed by atoms with Gasteiger partial charge in [-0.2, -0.15) is 18.3 Å². The molecule has 0 fully saturated rings. The van der Waals surface area contributed by atoms with Crippen molar-refractivity contribution in [2.75, 3.05) is 0 Å². The van der Waals surface area contributed by atoms with Gasteiger partial charge in [-0.3, -0.25) is 9.48 Å².